The molecule has 0 saturated carbocycles. The average Bonchev–Trinajstić information content (AvgIpc) is 2.97. The van der Waals surface area contributed by atoms with E-state index in [9.17, 15) is 4.79 Å². The van der Waals surface area contributed by atoms with E-state index in [1.54, 1.807) is 0 Å². The minimum Gasteiger partial charge on any atom is -0.326 e. The number of hydrogen-bond donors (Lipinski definition) is 1. The molecule has 0 aliphatic heterocycles. The standard InChI is InChI=1S/C19H21N3O/c1-3-22-18-12-17(10-9-16(18)13-20-22)21-19(23)11-14(2)15-7-5-4-6-8-15/h4-10,12-14H,3,11H2,1-2H3,(H,21,23)/t14-/m1/s1. The highest BCUT2D eigenvalue weighted by molar-refractivity contribution is 5.93. The van der Waals surface area contributed by atoms with E-state index in [4.69, 9.17) is 0 Å². The smallest absolute Gasteiger partial charge is 0.224 e. The molecule has 2 aromatic carbocycles. The molecule has 1 amide bonds. The lowest BCUT2D eigenvalue weighted by atomic mass is 9.97. The monoisotopic (exact) mass is 307 g/mol. The predicted molar refractivity (Wildman–Crippen MR) is 93.5 cm³/mol. The van der Waals surface area contributed by atoms with Crippen LogP contribution < -0.4 is 5.32 Å². The number of benzene rings is 2. The van der Waals surface area contributed by atoms with E-state index in [-0.39, 0.29) is 11.8 Å². The maximum atomic E-state index is 12.3. The van der Waals surface area contributed by atoms with E-state index in [1.165, 1.54) is 5.56 Å². The van der Waals surface area contributed by atoms with Crippen molar-refractivity contribution in [1.29, 1.82) is 0 Å². The highest BCUT2D eigenvalue weighted by Crippen LogP contribution is 2.22. The second-order valence-corrected chi connectivity index (χ2v) is 5.80. The Morgan fingerprint density at radius 1 is 1.22 bits per heavy atom. The van der Waals surface area contributed by atoms with Crippen molar-refractivity contribution in [3.8, 4) is 0 Å². The Bertz CT molecular complexity index is 808. The van der Waals surface area contributed by atoms with Gasteiger partial charge >= 0.3 is 0 Å². The molecule has 3 aromatic rings. The molecule has 4 nitrogen and oxygen atoms in total. The van der Waals surface area contributed by atoms with Crippen molar-refractivity contribution in [2.45, 2.75) is 32.7 Å². The molecule has 4 heteroatoms. The summed E-state index contributed by atoms with van der Waals surface area (Å²) in [5.41, 5.74) is 3.04. The van der Waals surface area contributed by atoms with Crippen molar-refractivity contribution < 1.29 is 4.79 Å². The lowest BCUT2D eigenvalue weighted by Gasteiger charge is -2.12. The van der Waals surface area contributed by atoms with Crippen molar-refractivity contribution in [3.63, 3.8) is 0 Å². The van der Waals surface area contributed by atoms with E-state index in [2.05, 4.69) is 36.4 Å². The molecule has 0 saturated heterocycles. The molecule has 0 spiro atoms. The lowest BCUT2D eigenvalue weighted by Crippen LogP contribution is -2.14. The minimum absolute atomic E-state index is 0.0308. The molecule has 1 aromatic heterocycles. The van der Waals surface area contributed by atoms with Gasteiger partial charge in [-0.15, -0.1) is 0 Å². The van der Waals surface area contributed by atoms with E-state index in [0.717, 1.165) is 23.1 Å². The van der Waals surface area contributed by atoms with Gasteiger partial charge in [-0.2, -0.15) is 5.10 Å². The summed E-state index contributed by atoms with van der Waals surface area (Å²) in [7, 11) is 0. The fourth-order valence-electron chi connectivity index (χ4n) is 2.79. The number of fused-ring (bicyclic) bond motifs is 1. The van der Waals surface area contributed by atoms with Crippen LogP contribution in [-0.4, -0.2) is 15.7 Å². The number of aromatic nitrogens is 2. The van der Waals surface area contributed by atoms with Gasteiger partial charge < -0.3 is 5.32 Å². The van der Waals surface area contributed by atoms with Crippen LogP contribution in [0, 0.1) is 0 Å². The number of amides is 1. The van der Waals surface area contributed by atoms with Gasteiger partial charge in [-0.05, 0) is 36.6 Å². The first-order valence-corrected chi connectivity index (χ1v) is 7.97. The van der Waals surface area contributed by atoms with Gasteiger partial charge in [-0.1, -0.05) is 37.3 Å². The summed E-state index contributed by atoms with van der Waals surface area (Å²) in [5, 5.41) is 8.41. The van der Waals surface area contributed by atoms with Gasteiger partial charge in [0, 0.05) is 24.0 Å². The number of carbonyl (C=O) groups excluding carboxylic acids is 1. The molecule has 0 aliphatic rings. The van der Waals surface area contributed by atoms with Crippen molar-refractivity contribution in [1.82, 2.24) is 9.78 Å². The van der Waals surface area contributed by atoms with Crippen LogP contribution in [-0.2, 0) is 11.3 Å². The molecule has 23 heavy (non-hydrogen) atoms. The maximum Gasteiger partial charge on any atom is 0.224 e. The predicted octanol–water partition coefficient (Wildman–Crippen LogP) is 4.19. The van der Waals surface area contributed by atoms with Gasteiger partial charge in [-0.25, -0.2) is 0 Å². The fraction of sp³-hybridized carbons (Fsp3) is 0.263. The molecule has 0 radical (unpaired) electrons. The number of nitrogens with zero attached hydrogens (tertiary/aromatic N) is 2. The third-order valence-corrected chi connectivity index (χ3v) is 4.09. The van der Waals surface area contributed by atoms with Crippen molar-refractivity contribution in [2.24, 2.45) is 0 Å². The number of carbonyl (C=O) groups is 1. The van der Waals surface area contributed by atoms with Crippen LogP contribution in [0.5, 0.6) is 0 Å². The highest BCUT2D eigenvalue weighted by atomic mass is 16.1. The summed E-state index contributed by atoms with van der Waals surface area (Å²) in [6.07, 6.45) is 2.32. The van der Waals surface area contributed by atoms with Gasteiger partial charge in [0.25, 0.3) is 0 Å². The van der Waals surface area contributed by atoms with E-state index in [1.807, 2.05) is 47.3 Å². The fourth-order valence-corrected chi connectivity index (χ4v) is 2.79. The Labute approximate surface area is 136 Å². The Hall–Kier alpha value is -2.62. The van der Waals surface area contributed by atoms with Crippen LogP contribution in [0.2, 0.25) is 0 Å². The SMILES string of the molecule is CCn1ncc2ccc(NC(=O)C[C@@H](C)c3ccccc3)cc21. The second kappa shape index (κ2) is 6.65. The third kappa shape index (κ3) is 3.42. The quantitative estimate of drug-likeness (QED) is 0.768. The first-order valence-electron chi connectivity index (χ1n) is 7.97. The summed E-state index contributed by atoms with van der Waals surface area (Å²) >= 11 is 0. The summed E-state index contributed by atoms with van der Waals surface area (Å²) in [4.78, 5) is 12.3. The molecule has 0 unspecified atom stereocenters. The molecule has 0 fully saturated rings. The first-order chi connectivity index (χ1) is 11.2. The molecular weight excluding hydrogens is 286 g/mol. The topological polar surface area (TPSA) is 46.9 Å². The van der Waals surface area contributed by atoms with Crippen LogP contribution in [0.15, 0.2) is 54.7 Å². The van der Waals surface area contributed by atoms with Crippen molar-refractivity contribution in [3.05, 3.63) is 60.3 Å². The summed E-state index contributed by atoms with van der Waals surface area (Å²) in [5.74, 6) is 0.226. The minimum atomic E-state index is 0.0308. The van der Waals surface area contributed by atoms with Gasteiger partial charge in [0.1, 0.15) is 0 Å². The Morgan fingerprint density at radius 3 is 2.74 bits per heavy atom. The zero-order chi connectivity index (χ0) is 16.2. The average molecular weight is 307 g/mol. The number of aryl methyl sites for hydroxylation is 1. The van der Waals surface area contributed by atoms with E-state index < -0.39 is 0 Å². The first kappa shape index (κ1) is 15.3. The van der Waals surface area contributed by atoms with Crippen LogP contribution in [0.3, 0.4) is 0 Å². The maximum absolute atomic E-state index is 12.3. The number of anilines is 1. The van der Waals surface area contributed by atoms with Gasteiger partial charge in [0.05, 0.1) is 11.7 Å². The molecule has 0 bridgehead atoms. The Morgan fingerprint density at radius 2 is 2.00 bits per heavy atom. The molecule has 1 heterocycles. The molecular formula is C19H21N3O. The summed E-state index contributed by atoms with van der Waals surface area (Å²) in [6.45, 7) is 4.94. The van der Waals surface area contributed by atoms with Crippen LogP contribution in [0.25, 0.3) is 10.9 Å². The highest BCUT2D eigenvalue weighted by Gasteiger charge is 2.12. The molecule has 1 atom stereocenters. The van der Waals surface area contributed by atoms with Crippen LogP contribution in [0.1, 0.15) is 31.7 Å². The van der Waals surface area contributed by atoms with Gasteiger partial charge in [0.15, 0.2) is 0 Å². The normalized spacial score (nSPS) is 12.3. The van der Waals surface area contributed by atoms with E-state index in [0.29, 0.717) is 6.42 Å². The molecule has 3 rings (SSSR count). The third-order valence-electron chi connectivity index (χ3n) is 4.09. The lowest BCUT2D eigenvalue weighted by molar-refractivity contribution is -0.116. The number of nitrogens with one attached hydrogen (secondary N) is 1. The van der Waals surface area contributed by atoms with Gasteiger partial charge in [0.2, 0.25) is 5.91 Å². The van der Waals surface area contributed by atoms with E-state index >= 15 is 0 Å². The molecule has 0 aliphatic carbocycles. The van der Waals surface area contributed by atoms with Crippen molar-refractivity contribution in [2.75, 3.05) is 5.32 Å². The Balaban J connectivity index is 1.70. The van der Waals surface area contributed by atoms with Gasteiger partial charge in [-0.3, -0.25) is 9.48 Å². The molecule has 1 N–H and O–H groups in total. The largest absolute Gasteiger partial charge is 0.326 e. The van der Waals surface area contributed by atoms with Crippen LogP contribution >= 0.6 is 0 Å². The molecule has 118 valence electrons. The zero-order valence-electron chi connectivity index (χ0n) is 13.5. The number of hydrogen-bond acceptors (Lipinski definition) is 2. The zero-order valence-corrected chi connectivity index (χ0v) is 13.5. The van der Waals surface area contributed by atoms with Crippen LogP contribution in [0.4, 0.5) is 5.69 Å². The summed E-state index contributed by atoms with van der Waals surface area (Å²) in [6, 6.07) is 16.0. The number of rotatable bonds is 5. The van der Waals surface area contributed by atoms with Crippen molar-refractivity contribution >= 4 is 22.5 Å². The Kier molecular flexibility index (Phi) is 4.42. The second-order valence-electron chi connectivity index (χ2n) is 5.80. The summed E-state index contributed by atoms with van der Waals surface area (Å²) < 4.78 is 1.93.